The van der Waals surface area contributed by atoms with Gasteiger partial charge < -0.3 is 10.1 Å². The summed E-state index contributed by atoms with van der Waals surface area (Å²) < 4.78 is 37.1. The Balaban J connectivity index is 3.31. The molecule has 0 aliphatic rings. The van der Waals surface area contributed by atoms with Gasteiger partial charge in [-0.05, 0) is 16.0 Å². The van der Waals surface area contributed by atoms with Crippen molar-refractivity contribution < 1.29 is 18.1 Å². The molecule has 1 aromatic heterocycles. The van der Waals surface area contributed by atoms with Crippen LogP contribution in [0.4, 0.5) is 19.0 Å². The van der Waals surface area contributed by atoms with Crippen LogP contribution in [0.5, 0.6) is 0 Å². The molecule has 0 radical (unpaired) electrons. The molecule has 0 saturated carbocycles. The van der Waals surface area contributed by atoms with E-state index in [1.165, 1.54) is 0 Å². The molecule has 76 valence electrons. The quantitative estimate of drug-likeness (QED) is 0.551. The van der Waals surface area contributed by atoms with Crippen molar-refractivity contribution in [1.82, 2.24) is 4.98 Å². The van der Waals surface area contributed by atoms with Crippen molar-refractivity contribution in [1.29, 1.82) is 0 Å². The van der Waals surface area contributed by atoms with E-state index in [1.54, 1.807) is 0 Å². The average Bonchev–Trinajstić information content (AvgIpc) is 2.07. The first-order valence-corrected chi connectivity index (χ1v) is 3.53. The monoisotopic (exact) mass is 206 g/mol. The minimum Gasteiger partial charge on any atom is -0.358 e. The van der Waals surface area contributed by atoms with Gasteiger partial charge in [-0.25, -0.2) is 8.78 Å². The van der Waals surface area contributed by atoms with Crippen LogP contribution in [0.2, 0.25) is 0 Å². The van der Waals surface area contributed by atoms with Crippen LogP contribution < -0.4 is 0 Å². The summed E-state index contributed by atoms with van der Waals surface area (Å²) in [4.78, 5) is 12.3. The van der Waals surface area contributed by atoms with Gasteiger partial charge in [0.15, 0.2) is 5.69 Å². The highest BCUT2D eigenvalue weighted by Gasteiger charge is 2.23. The summed E-state index contributed by atoms with van der Waals surface area (Å²) in [5.74, 6) is -2.39. The third kappa shape index (κ3) is 1.81. The van der Waals surface area contributed by atoms with Crippen molar-refractivity contribution in [3.63, 3.8) is 0 Å². The largest absolute Gasteiger partial charge is 0.400 e. The first-order chi connectivity index (χ1) is 6.43. The zero-order valence-electron chi connectivity index (χ0n) is 7.00. The van der Waals surface area contributed by atoms with Crippen molar-refractivity contribution >= 4 is 5.82 Å². The van der Waals surface area contributed by atoms with Crippen LogP contribution in [0.15, 0.2) is 6.07 Å². The van der Waals surface area contributed by atoms with E-state index in [-0.39, 0.29) is 5.69 Å². The maximum Gasteiger partial charge on any atom is 0.400 e. The zero-order chi connectivity index (χ0) is 10.9. The number of alkyl halides is 2. The number of hydrogen-bond acceptors (Lipinski definition) is 3. The summed E-state index contributed by atoms with van der Waals surface area (Å²) in [5, 5.41) is 10.2. The number of halogens is 3. The Hall–Kier alpha value is -1.66. The number of nitro groups is 1. The molecule has 4 nitrogen and oxygen atoms in total. The highest BCUT2D eigenvalue weighted by molar-refractivity contribution is 5.31. The van der Waals surface area contributed by atoms with Crippen LogP contribution in [0.3, 0.4) is 0 Å². The number of aromatic nitrogens is 1. The second-order valence-corrected chi connectivity index (χ2v) is 2.53. The van der Waals surface area contributed by atoms with Crippen LogP contribution in [-0.4, -0.2) is 9.91 Å². The van der Waals surface area contributed by atoms with Gasteiger partial charge in [-0.3, -0.25) is 0 Å². The van der Waals surface area contributed by atoms with Gasteiger partial charge in [-0.15, -0.1) is 0 Å². The predicted octanol–water partition coefficient (Wildman–Crippen LogP) is 2.37. The fourth-order valence-corrected chi connectivity index (χ4v) is 0.931. The van der Waals surface area contributed by atoms with Gasteiger partial charge in [0.25, 0.3) is 6.43 Å². The first-order valence-electron chi connectivity index (χ1n) is 3.53. The summed E-state index contributed by atoms with van der Waals surface area (Å²) >= 11 is 0. The van der Waals surface area contributed by atoms with Crippen LogP contribution in [-0.2, 0) is 0 Å². The molecule has 0 saturated heterocycles. The summed E-state index contributed by atoms with van der Waals surface area (Å²) in [6.07, 6.45) is -2.89. The Morgan fingerprint density at radius 3 is 2.57 bits per heavy atom. The van der Waals surface area contributed by atoms with Gasteiger partial charge in [0, 0.05) is 6.92 Å². The molecule has 7 heteroatoms. The van der Waals surface area contributed by atoms with E-state index in [0.717, 1.165) is 6.92 Å². The molecule has 0 aliphatic carbocycles. The lowest BCUT2D eigenvalue weighted by atomic mass is 10.2. The molecule has 0 fully saturated rings. The van der Waals surface area contributed by atoms with Gasteiger partial charge in [-0.1, -0.05) is 0 Å². The number of rotatable bonds is 2. The van der Waals surface area contributed by atoms with E-state index >= 15 is 0 Å². The predicted molar refractivity (Wildman–Crippen MR) is 40.5 cm³/mol. The molecule has 0 spiro atoms. The molecule has 0 unspecified atom stereocenters. The van der Waals surface area contributed by atoms with Crippen molar-refractivity contribution in [2.75, 3.05) is 0 Å². The molecule has 1 heterocycles. The van der Waals surface area contributed by atoms with Gasteiger partial charge in [0.2, 0.25) is 5.82 Å². The second kappa shape index (κ2) is 3.60. The maximum atomic E-state index is 12.8. The molecule has 0 N–H and O–H groups in total. The molecule has 0 aliphatic heterocycles. The van der Waals surface area contributed by atoms with Crippen LogP contribution in [0.1, 0.15) is 17.7 Å². The van der Waals surface area contributed by atoms with Gasteiger partial charge in [-0.2, -0.15) is 4.39 Å². The fourth-order valence-electron chi connectivity index (χ4n) is 0.931. The molecular weight excluding hydrogens is 201 g/mol. The summed E-state index contributed by atoms with van der Waals surface area (Å²) in [7, 11) is 0. The molecule has 0 atom stereocenters. The molecule has 14 heavy (non-hydrogen) atoms. The highest BCUT2D eigenvalue weighted by Crippen LogP contribution is 2.25. The number of hydrogen-bond donors (Lipinski definition) is 0. The minimum atomic E-state index is -2.89. The Kier molecular flexibility index (Phi) is 2.68. The standard InChI is InChI=1S/C7H5F3N2O2/c1-3-4(6(9)10)2-5(8)7(11-3)12(13)14/h2,6H,1H3. The van der Waals surface area contributed by atoms with Gasteiger partial charge >= 0.3 is 5.82 Å². The minimum absolute atomic E-state index is 0.242. The molecule has 1 aromatic rings. The summed E-state index contributed by atoms with van der Waals surface area (Å²) in [6.45, 7) is 1.16. The third-order valence-corrected chi connectivity index (χ3v) is 1.60. The van der Waals surface area contributed by atoms with E-state index in [2.05, 4.69) is 4.98 Å². The molecule has 0 amide bonds. The van der Waals surface area contributed by atoms with E-state index in [1.807, 2.05) is 0 Å². The normalized spacial score (nSPS) is 10.6. The van der Waals surface area contributed by atoms with Crippen LogP contribution in [0.25, 0.3) is 0 Å². The van der Waals surface area contributed by atoms with E-state index in [0.29, 0.717) is 6.07 Å². The van der Waals surface area contributed by atoms with E-state index in [9.17, 15) is 23.3 Å². The Morgan fingerprint density at radius 1 is 1.57 bits per heavy atom. The topological polar surface area (TPSA) is 56.0 Å². The van der Waals surface area contributed by atoms with Crippen molar-refractivity contribution in [3.05, 3.63) is 33.3 Å². The highest BCUT2D eigenvalue weighted by atomic mass is 19.3. The lowest BCUT2D eigenvalue weighted by Crippen LogP contribution is -2.02. The van der Waals surface area contributed by atoms with Crippen LogP contribution in [0, 0.1) is 22.9 Å². The average molecular weight is 206 g/mol. The third-order valence-electron chi connectivity index (χ3n) is 1.60. The Morgan fingerprint density at radius 2 is 2.14 bits per heavy atom. The zero-order valence-corrected chi connectivity index (χ0v) is 7.00. The summed E-state index contributed by atoms with van der Waals surface area (Å²) in [5.41, 5.74) is -0.874. The lowest BCUT2D eigenvalue weighted by Gasteiger charge is -2.01. The van der Waals surface area contributed by atoms with Crippen molar-refractivity contribution in [3.8, 4) is 0 Å². The number of nitrogens with zero attached hydrogens (tertiary/aromatic N) is 2. The van der Waals surface area contributed by atoms with Gasteiger partial charge in [0.1, 0.15) is 0 Å². The van der Waals surface area contributed by atoms with Gasteiger partial charge in [0.05, 0.1) is 5.56 Å². The van der Waals surface area contributed by atoms with Crippen LogP contribution >= 0.6 is 0 Å². The Bertz CT molecular complexity index is 381. The first kappa shape index (κ1) is 10.4. The van der Waals surface area contributed by atoms with Crippen molar-refractivity contribution in [2.24, 2.45) is 0 Å². The summed E-state index contributed by atoms with van der Waals surface area (Å²) in [6, 6.07) is 0.436. The molecular formula is C7H5F3N2O2. The smallest absolute Gasteiger partial charge is 0.358 e. The maximum absolute atomic E-state index is 12.8. The molecule has 1 rings (SSSR count). The van der Waals surface area contributed by atoms with E-state index < -0.39 is 28.5 Å². The molecule has 0 aromatic carbocycles. The van der Waals surface area contributed by atoms with Crippen molar-refractivity contribution in [2.45, 2.75) is 13.3 Å². The number of aryl methyl sites for hydroxylation is 1. The SMILES string of the molecule is Cc1nc([N+](=O)[O-])c(F)cc1C(F)F. The second-order valence-electron chi connectivity index (χ2n) is 2.53. The Labute approximate surface area is 76.5 Å². The number of pyridine rings is 1. The molecule has 0 bridgehead atoms. The lowest BCUT2D eigenvalue weighted by molar-refractivity contribution is -0.392. The van der Waals surface area contributed by atoms with E-state index in [4.69, 9.17) is 0 Å². The fraction of sp³-hybridized carbons (Fsp3) is 0.286.